The Morgan fingerprint density at radius 3 is 1.17 bits per heavy atom. The minimum atomic E-state index is -4.64. The van der Waals surface area contributed by atoms with Crippen LogP contribution < -0.4 is 20.4 Å². The number of non-ortho nitro benzene ring substituents is 2. The third kappa shape index (κ3) is 10.2. The summed E-state index contributed by atoms with van der Waals surface area (Å²) in [5.74, 6) is -2.68. The minimum absolute atomic E-state index is 0. The van der Waals surface area contributed by atoms with Crippen molar-refractivity contribution in [1.82, 2.24) is 19.6 Å². The summed E-state index contributed by atoms with van der Waals surface area (Å²) < 4.78 is 67.7. The number of aryl methyl sites for hydroxylation is 2. The van der Waals surface area contributed by atoms with E-state index in [2.05, 4.69) is 30.7 Å². The summed E-state index contributed by atoms with van der Waals surface area (Å²) in [6, 6.07) is 14.8. The van der Waals surface area contributed by atoms with E-state index in [9.17, 15) is 66.6 Å². The van der Waals surface area contributed by atoms with E-state index in [0.29, 0.717) is 0 Å². The number of benzene rings is 4. The Labute approximate surface area is 345 Å². The molecular weight excluding hydrogens is 868 g/mol. The molecule has 1 radical (unpaired) electrons. The fourth-order valence-corrected chi connectivity index (χ4v) is 5.63. The quantitative estimate of drug-likeness (QED) is 0.0625. The van der Waals surface area contributed by atoms with Crippen LogP contribution in [0, 0.1) is 34.1 Å². The van der Waals surface area contributed by atoms with Crippen molar-refractivity contribution in [3.05, 3.63) is 117 Å². The molecule has 0 aliphatic rings. The first-order valence-corrected chi connectivity index (χ1v) is 18.4. The average molecular weight is 892 g/mol. The van der Waals surface area contributed by atoms with E-state index >= 15 is 0 Å². The monoisotopic (exact) mass is 891 g/mol. The third-order valence-corrected chi connectivity index (χ3v) is 9.24. The van der Waals surface area contributed by atoms with Crippen molar-refractivity contribution >= 4 is 54.4 Å². The van der Waals surface area contributed by atoms with Crippen LogP contribution in [-0.4, -0.2) is 55.3 Å². The molecule has 0 fully saturated rings. The molecule has 27 heteroatoms. The Morgan fingerprint density at radius 2 is 0.881 bits per heavy atom. The van der Waals surface area contributed by atoms with Crippen molar-refractivity contribution in [2.24, 2.45) is 20.5 Å². The molecule has 6 aromatic rings. The van der Waals surface area contributed by atoms with Gasteiger partial charge in [-0.25, -0.2) is 26.2 Å². The topological polar surface area (TPSA) is 378 Å². The Balaban J connectivity index is 0.000000582. The van der Waals surface area contributed by atoms with E-state index in [1.165, 1.54) is 38.1 Å². The van der Waals surface area contributed by atoms with E-state index in [1.54, 1.807) is 0 Å². The molecule has 0 saturated carbocycles. The van der Waals surface area contributed by atoms with Crippen LogP contribution in [-0.2, 0) is 37.3 Å². The molecule has 0 unspecified atom stereocenters. The minimum Gasteiger partial charge on any atom is -0.871 e. The number of nitro benzene ring substituents is 2. The number of hydrogen-bond donors (Lipinski definition) is 0. The molecule has 6 rings (SSSR count). The van der Waals surface area contributed by atoms with Crippen LogP contribution in [0.4, 0.5) is 34.1 Å². The van der Waals surface area contributed by atoms with Crippen LogP contribution >= 0.6 is 0 Å². The normalized spacial score (nSPS) is 11.6. The van der Waals surface area contributed by atoms with E-state index < -0.39 is 63.1 Å². The van der Waals surface area contributed by atoms with Crippen molar-refractivity contribution in [2.75, 3.05) is 0 Å². The maximum absolute atomic E-state index is 12.5. The molecule has 0 saturated heterocycles. The molecule has 0 amide bonds. The molecule has 305 valence electrons. The van der Waals surface area contributed by atoms with Crippen LogP contribution in [0.5, 0.6) is 23.3 Å². The van der Waals surface area contributed by atoms with Gasteiger partial charge in [-0.3, -0.25) is 20.2 Å². The summed E-state index contributed by atoms with van der Waals surface area (Å²) in [5, 5.41) is 92.9. The maximum atomic E-state index is 12.5. The largest absolute Gasteiger partial charge is 3.00 e. The summed E-state index contributed by atoms with van der Waals surface area (Å²) in [6.45, 7) is 2.91. The van der Waals surface area contributed by atoms with E-state index in [-0.39, 0.29) is 78.2 Å². The van der Waals surface area contributed by atoms with E-state index in [4.69, 9.17) is 0 Å². The van der Waals surface area contributed by atoms with Crippen molar-refractivity contribution in [3.63, 3.8) is 0 Å². The van der Waals surface area contributed by atoms with Crippen LogP contribution in [0.25, 0.3) is 11.4 Å². The second-order valence-corrected chi connectivity index (χ2v) is 14.2. The Hall–Kier alpha value is -7.16. The van der Waals surface area contributed by atoms with Gasteiger partial charge in [0.05, 0.1) is 53.8 Å². The molecule has 0 aliphatic carbocycles. The van der Waals surface area contributed by atoms with Crippen molar-refractivity contribution in [3.8, 4) is 34.6 Å². The molecule has 2 heterocycles. The number of rotatable bonds is 10. The van der Waals surface area contributed by atoms with Gasteiger partial charge < -0.3 is 29.5 Å². The van der Waals surface area contributed by atoms with Crippen LogP contribution in [0.15, 0.2) is 115 Å². The number of azo groups is 2. The van der Waals surface area contributed by atoms with Gasteiger partial charge in [0, 0.05) is 36.0 Å². The second-order valence-electron chi connectivity index (χ2n) is 11.4. The van der Waals surface area contributed by atoms with Crippen molar-refractivity contribution in [1.29, 1.82) is 0 Å². The molecule has 0 spiro atoms. The summed E-state index contributed by atoms with van der Waals surface area (Å²) in [7, 11) is -9.27. The third-order valence-electron chi connectivity index (χ3n) is 7.54. The summed E-state index contributed by atoms with van der Waals surface area (Å²) in [5.41, 5.74) is -1.14. The van der Waals surface area contributed by atoms with Gasteiger partial charge in [-0.1, -0.05) is 23.6 Å². The molecule has 0 N–H and O–H groups in total. The van der Waals surface area contributed by atoms with Gasteiger partial charge in [0.25, 0.3) is 11.4 Å². The van der Waals surface area contributed by atoms with Gasteiger partial charge >= 0.3 is 21.3 Å². The first-order chi connectivity index (χ1) is 27.1. The molecule has 59 heavy (non-hydrogen) atoms. The fourth-order valence-electron chi connectivity index (χ4n) is 4.69. The molecular formula is C32H23FeN10O14S2. The van der Waals surface area contributed by atoms with Crippen LogP contribution in [0.2, 0.25) is 0 Å². The zero-order chi connectivity index (χ0) is 42.7. The Bertz CT molecular complexity index is 2690. The number of nitro groups is 2. The zero-order valence-electron chi connectivity index (χ0n) is 32.4. The van der Waals surface area contributed by atoms with Crippen molar-refractivity contribution in [2.45, 2.75) is 23.6 Å². The standard InChI is InChI=1S/2C16H13N5O7S.Fe/c2*1-9-15(18-17-13-8-11(21(24)25)4-7-14(13)22)16(23)20(19-9)10-2-5-12(6-3-10)29(26,27)28;/h2*2-8,22-23H,1H3,(H,26,27,28);/q;;+3/p-3. The van der Waals surface area contributed by atoms with Crippen molar-refractivity contribution < 1.29 is 77.6 Å². The van der Waals surface area contributed by atoms with Gasteiger partial charge in [-0.2, -0.15) is 20.4 Å². The first-order valence-electron chi connectivity index (χ1n) is 15.6. The summed E-state index contributed by atoms with van der Waals surface area (Å²) >= 11 is 0. The average Bonchev–Trinajstić information content (AvgIpc) is 3.61. The maximum Gasteiger partial charge on any atom is 3.00 e. The van der Waals surface area contributed by atoms with E-state index in [1.807, 2.05) is 0 Å². The molecule has 0 atom stereocenters. The number of nitrogens with zero attached hydrogens (tertiary/aromatic N) is 10. The second kappa shape index (κ2) is 17.5. The van der Waals surface area contributed by atoms with E-state index in [0.717, 1.165) is 70.0 Å². The number of aromatic nitrogens is 4. The molecule has 4 aromatic carbocycles. The summed E-state index contributed by atoms with van der Waals surface area (Å²) in [6.07, 6.45) is 0. The molecule has 24 nitrogen and oxygen atoms in total. The summed E-state index contributed by atoms with van der Waals surface area (Å²) in [4.78, 5) is 19.3. The SMILES string of the molecule is Cc1nn(-c2ccc(S(=O)(=O)[O-])cc2)c([O-])c1N=Nc1cc([N+](=O)[O-])ccc1[O-].Cc1nn(-c2ccc(S(=O)(=O)[O-])cc2)c([O-])c1N=Nc1cc([N+](=O)[O-])ccc1[O-].[Fe+3].[H+].[H+].[H+]. The van der Waals surface area contributed by atoms with Gasteiger partial charge in [0.15, 0.2) is 0 Å². The smallest absolute Gasteiger partial charge is 0.871 e. The van der Waals surface area contributed by atoms with Gasteiger partial charge in [-0.05, 0) is 62.4 Å². The molecule has 2 aromatic heterocycles. The number of hydrogen-bond acceptors (Lipinski definition) is 20. The molecule has 0 bridgehead atoms. The first kappa shape index (κ1) is 44.6. The van der Waals surface area contributed by atoms with Gasteiger partial charge in [0.2, 0.25) is 0 Å². The molecule has 0 aliphatic heterocycles. The predicted molar refractivity (Wildman–Crippen MR) is 188 cm³/mol. The van der Waals surface area contributed by atoms with Gasteiger partial charge in [-0.15, -0.1) is 10.2 Å². The van der Waals surface area contributed by atoms with Crippen LogP contribution in [0.3, 0.4) is 0 Å². The Morgan fingerprint density at radius 1 is 0.559 bits per heavy atom. The van der Waals surface area contributed by atoms with Gasteiger partial charge in [0.1, 0.15) is 31.6 Å². The van der Waals surface area contributed by atoms with Crippen LogP contribution in [0.1, 0.15) is 15.7 Å². The zero-order valence-corrected chi connectivity index (χ0v) is 32.2. The fraction of sp³-hybridized carbons (Fsp3) is 0.0625. The Kier molecular flexibility index (Phi) is 13.2. The predicted octanol–water partition coefficient (Wildman–Crippen LogP) is 3.45.